The van der Waals surface area contributed by atoms with Crippen LogP contribution in [0.4, 0.5) is 0 Å². The molecule has 6 nitrogen and oxygen atoms in total. The smallest absolute Gasteiger partial charge is 0.229 e. The average Bonchev–Trinajstić information content (AvgIpc) is 3.21. The number of rotatable bonds is 4. The second kappa shape index (κ2) is 5.48. The molecule has 116 valence electrons. The molecule has 3 aromatic heterocycles. The van der Waals surface area contributed by atoms with Crippen molar-refractivity contribution in [2.24, 2.45) is 0 Å². The second-order valence-corrected chi connectivity index (χ2v) is 6.97. The van der Waals surface area contributed by atoms with Gasteiger partial charge < -0.3 is 4.52 Å². The minimum Gasteiger partial charge on any atom is -0.339 e. The summed E-state index contributed by atoms with van der Waals surface area (Å²) in [7, 11) is 0. The molecule has 0 aromatic carbocycles. The summed E-state index contributed by atoms with van der Waals surface area (Å²) in [6.45, 7) is 6.04. The summed E-state index contributed by atoms with van der Waals surface area (Å²) in [5.41, 5.74) is 1.10. The molecule has 0 saturated carbocycles. The zero-order valence-corrected chi connectivity index (χ0v) is 13.6. The van der Waals surface area contributed by atoms with Crippen molar-refractivity contribution >= 4 is 16.3 Å². The first-order valence-corrected chi connectivity index (χ1v) is 8.57. The van der Waals surface area contributed by atoms with Crippen molar-refractivity contribution in [2.45, 2.75) is 45.2 Å². The van der Waals surface area contributed by atoms with Crippen LogP contribution in [0.15, 0.2) is 22.3 Å². The van der Waals surface area contributed by atoms with Crippen LogP contribution in [0.3, 0.4) is 0 Å². The molecular weight excluding hydrogens is 298 g/mol. The van der Waals surface area contributed by atoms with E-state index in [0.29, 0.717) is 0 Å². The summed E-state index contributed by atoms with van der Waals surface area (Å²) in [6, 6.07) is 0.246. The molecule has 1 saturated heterocycles. The maximum Gasteiger partial charge on any atom is 0.229 e. The van der Waals surface area contributed by atoms with E-state index < -0.39 is 0 Å². The topological polar surface area (TPSA) is 59.5 Å². The van der Waals surface area contributed by atoms with Gasteiger partial charge in [0.25, 0.3) is 0 Å². The summed E-state index contributed by atoms with van der Waals surface area (Å²) in [6.07, 6.45) is 6.40. The molecule has 0 bridgehead atoms. The minimum absolute atomic E-state index is 0.246. The zero-order valence-electron chi connectivity index (χ0n) is 12.8. The van der Waals surface area contributed by atoms with Crippen LogP contribution < -0.4 is 0 Å². The van der Waals surface area contributed by atoms with Gasteiger partial charge in [-0.15, -0.1) is 11.3 Å². The maximum absolute atomic E-state index is 5.37. The Balaban J connectivity index is 1.53. The normalized spacial score (nSPS) is 19.7. The SMILES string of the molecule is CC(C)c1nc([C@@H]2CCCN2Cc2cn3ccsc3n2)no1. The van der Waals surface area contributed by atoms with Crippen molar-refractivity contribution in [3.05, 3.63) is 35.2 Å². The van der Waals surface area contributed by atoms with E-state index in [0.717, 1.165) is 41.9 Å². The van der Waals surface area contributed by atoms with E-state index >= 15 is 0 Å². The second-order valence-electron chi connectivity index (χ2n) is 6.10. The van der Waals surface area contributed by atoms with E-state index in [2.05, 4.69) is 49.8 Å². The van der Waals surface area contributed by atoms with Crippen molar-refractivity contribution in [3.63, 3.8) is 0 Å². The molecule has 4 heterocycles. The van der Waals surface area contributed by atoms with Gasteiger partial charge in [0.2, 0.25) is 5.89 Å². The first-order chi connectivity index (χ1) is 10.7. The van der Waals surface area contributed by atoms with Crippen molar-refractivity contribution < 1.29 is 4.52 Å². The Morgan fingerprint density at radius 2 is 2.32 bits per heavy atom. The molecule has 1 aliphatic heterocycles. The molecule has 0 amide bonds. The predicted octanol–water partition coefficient (Wildman–Crippen LogP) is 3.24. The number of thiazole rings is 1. The van der Waals surface area contributed by atoms with E-state index in [1.807, 2.05) is 6.20 Å². The monoisotopic (exact) mass is 317 g/mol. The summed E-state index contributed by atoms with van der Waals surface area (Å²) in [4.78, 5) is 12.7. The molecular formula is C15H19N5OS. The number of hydrogen-bond donors (Lipinski definition) is 0. The largest absolute Gasteiger partial charge is 0.339 e. The van der Waals surface area contributed by atoms with Crippen molar-refractivity contribution in [1.82, 2.24) is 24.4 Å². The lowest BCUT2D eigenvalue weighted by molar-refractivity contribution is 0.231. The van der Waals surface area contributed by atoms with Crippen LogP contribution >= 0.6 is 11.3 Å². The van der Waals surface area contributed by atoms with Crippen LogP contribution in [0.1, 0.15) is 56.1 Å². The fraction of sp³-hybridized carbons (Fsp3) is 0.533. The predicted molar refractivity (Wildman–Crippen MR) is 83.8 cm³/mol. The Bertz CT molecular complexity index is 745. The molecule has 0 N–H and O–H groups in total. The molecule has 0 spiro atoms. The Kier molecular flexibility index (Phi) is 3.46. The van der Waals surface area contributed by atoms with Gasteiger partial charge in [0.15, 0.2) is 10.8 Å². The lowest BCUT2D eigenvalue weighted by atomic mass is 10.2. The van der Waals surface area contributed by atoms with E-state index in [4.69, 9.17) is 4.52 Å². The fourth-order valence-electron chi connectivity index (χ4n) is 2.99. The molecule has 1 fully saturated rings. The molecule has 22 heavy (non-hydrogen) atoms. The lowest BCUT2D eigenvalue weighted by Gasteiger charge is -2.20. The van der Waals surface area contributed by atoms with Crippen LogP contribution in [0.25, 0.3) is 4.96 Å². The maximum atomic E-state index is 5.37. The van der Waals surface area contributed by atoms with Gasteiger partial charge >= 0.3 is 0 Å². The van der Waals surface area contributed by atoms with Gasteiger partial charge in [0.05, 0.1) is 11.7 Å². The minimum atomic E-state index is 0.246. The van der Waals surface area contributed by atoms with Crippen LogP contribution in [0, 0.1) is 0 Å². The van der Waals surface area contributed by atoms with Crippen LogP contribution in [0.2, 0.25) is 0 Å². The van der Waals surface area contributed by atoms with Crippen LogP contribution in [0.5, 0.6) is 0 Å². The standard InChI is InChI=1S/C15H19N5OS/c1-10(2)14-17-13(18-21-14)12-4-3-5-19(12)8-11-9-20-6-7-22-15(20)16-11/h6-7,9-10,12H,3-5,8H2,1-2H3/t12-/m0/s1. The Hall–Kier alpha value is -1.73. The van der Waals surface area contributed by atoms with Crippen molar-refractivity contribution in [1.29, 1.82) is 0 Å². The van der Waals surface area contributed by atoms with Gasteiger partial charge in [-0.1, -0.05) is 19.0 Å². The summed E-state index contributed by atoms with van der Waals surface area (Å²) in [5.74, 6) is 1.82. The van der Waals surface area contributed by atoms with Crippen LogP contribution in [-0.2, 0) is 6.54 Å². The summed E-state index contributed by atoms with van der Waals surface area (Å²) in [5, 5.41) is 6.25. The number of nitrogens with zero attached hydrogens (tertiary/aromatic N) is 5. The quantitative estimate of drug-likeness (QED) is 0.739. The number of hydrogen-bond acceptors (Lipinski definition) is 6. The van der Waals surface area contributed by atoms with Gasteiger partial charge in [0, 0.05) is 30.2 Å². The first kappa shape index (κ1) is 13.9. The third-order valence-electron chi connectivity index (χ3n) is 4.12. The molecule has 0 unspecified atom stereocenters. The third-order valence-corrected chi connectivity index (χ3v) is 4.89. The third kappa shape index (κ3) is 2.44. The summed E-state index contributed by atoms with van der Waals surface area (Å²) >= 11 is 1.66. The van der Waals surface area contributed by atoms with Crippen molar-refractivity contribution in [3.8, 4) is 0 Å². The Labute approximate surface area is 132 Å². The molecule has 0 radical (unpaired) electrons. The number of aromatic nitrogens is 4. The van der Waals surface area contributed by atoms with Gasteiger partial charge in [-0.05, 0) is 19.4 Å². The van der Waals surface area contributed by atoms with E-state index in [9.17, 15) is 0 Å². The Morgan fingerprint density at radius 3 is 3.09 bits per heavy atom. The van der Waals surface area contributed by atoms with E-state index in [1.54, 1.807) is 11.3 Å². The highest BCUT2D eigenvalue weighted by Gasteiger charge is 2.30. The van der Waals surface area contributed by atoms with Gasteiger partial charge in [0.1, 0.15) is 0 Å². The molecule has 7 heteroatoms. The molecule has 3 aromatic rings. The number of fused-ring (bicyclic) bond motifs is 1. The zero-order chi connectivity index (χ0) is 15.1. The lowest BCUT2D eigenvalue weighted by Crippen LogP contribution is -2.23. The summed E-state index contributed by atoms with van der Waals surface area (Å²) < 4.78 is 7.45. The van der Waals surface area contributed by atoms with E-state index in [-0.39, 0.29) is 12.0 Å². The molecule has 4 rings (SSSR count). The molecule has 1 aliphatic rings. The highest BCUT2D eigenvalue weighted by Crippen LogP contribution is 2.32. The number of likely N-dealkylation sites (tertiary alicyclic amines) is 1. The van der Waals surface area contributed by atoms with Gasteiger partial charge in [-0.3, -0.25) is 9.30 Å². The highest BCUT2D eigenvalue weighted by atomic mass is 32.1. The Morgan fingerprint density at radius 1 is 1.41 bits per heavy atom. The van der Waals surface area contributed by atoms with Gasteiger partial charge in [-0.2, -0.15) is 4.98 Å². The van der Waals surface area contributed by atoms with Crippen molar-refractivity contribution in [2.75, 3.05) is 6.54 Å². The number of imidazole rings is 1. The molecule has 1 atom stereocenters. The average molecular weight is 317 g/mol. The van der Waals surface area contributed by atoms with Crippen LogP contribution in [-0.4, -0.2) is 31.0 Å². The van der Waals surface area contributed by atoms with Gasteiger partial charge in [-0.25, -0.2) is 4.98 Å². The first-order valence-electron chi connectivity index (χ1n) is 7.69. The highest BCUT2D eigenvalue weighted by molar-refractivity contribution is 7.15. The fourth-order valence-corrected chi connectivity index (χ4v) is 3.70. The van der Waals surface area contributed by atoms with E-state index in [1.165, 1.54) is 6.42 Å². The molecule has 0 aliphatic carbocycles.